The van der Waals surface area contributed by atoms with Gasteiger partial charge in [-0.25, -0.2) is 0 Å². The lowest BCUT2D eigenvalue weighted by Gasteiger charge is -2.38. The Labute approximate surface area is 146 Å². The minimum absolute atomic E-state index is 0.968. The van der Waals surface area contributed by atoms with Crippen LogP contribution in [0.25, 0.3) is 0 Å². The number of hydrogen-bond acceptors (Lipinski definition) is 4. The molecular formula is C19H31N3S. The van der Waals surface area contributed by atoms with Gasteiger partial charge in [0.15, 0.2) is 0 Å². The molecule has 0 bridgehead atoms. The van der Waals surface area contributed by atoms with E-state index in [1.807, 2.05) is 11.8 Å². The lowest BCUT2D eigenvalue weighted by atomic mass is 9.99. The van der Waals surface area contributed by atoms with E-state index >= 15 is 0 Å². The van der Waals surface area contributed by atoms with E-state index in [9.17, 15) is 0 Å². The first-order chi connectivity index (χ1) is 11.3. The van der Waals surface area contributed by atoms with Crippen LogP contribution >= 0.6 is 11.8 Å². The molecule has 0 saturated carbocycles. The third-order valence-electron chi connectivity index (χ3n) is 5.34. The molecule has 0 spiro atoms. The number of benzene rings is 1. The van der Waals surface area contributed by atoms with E-state index < -0.39 is 0 Å². The summed E-state index contributed by atoms with van der Waals surface area (Å²) in [5.41, 5.74) is 1.38. The van der Waals surface area contributed by atoms with Crippen LogP contribution < -0.4 is 4.90 Å². The highest BCUT2D eigenvalue weighted by atomic mass is 32.2. The number of rotatable bonds is 6. The fourth-order valence-electron chi connectivity index (χ4n) is 3.76. The van der Waals surface area contributed by atoms with Gasteiger partial charge >= 0.3 is 0 Å². The van der Waals surface area contributed by atoms with Crippen LogP contribution in [0, 0.1) is 5.92 Å². The zero-order chi connectivity index (χ0) is 15.9. The SMILES string of the molecule is CSCC1CCN(CCN2CCN(c3ccccc3)CC2)CC1. The Morgan fingerprint density at radius 1 is 0.870 bits per heavy atom. The second-order valence-electron chi connectivity index (χ2n) is 6.90. The molecule has 128 valence electrons. The predicted octanol–water partition coefficient (Wildman–Crippen LogP) is 2.88. The first-order valence-corrected chi connectivity index (χ1v) is 10.5. The van der Waals surface area contributed by atoms with Gasteiger partial charge in [0.2, 0.25) is 0 Å². The largest absolute Gasteiger partial charge is 0.369 e. The van der Waals surface area contributed by atoms with Gasteiger partial charge in [-0.2, -0.15) is 11.8 Å². The average molecular weight is 334 g/mol. The van der Waals surface area contributed by atoms with Crippen molar-refractivity contribution < 1.29 is 0 Å². The molecule has 0 N–H and O–H groups in total. The van der Waals surface area contributed by atoms with Crippen molar-refractivity contribution >= 4 is 17.4 Å². The highest BCUT2D eigenvalue weighted by molar-refractivity contribution is 7.98. The summed E-state index contributed by atoms with van der Waals surface area (Å²) in [6.45, 7) is 9.88. The maximum absolute atomic E-state index is 2.68. The highest BCUT2D eigenvalue weighted by Crippen LogP contribution is 2.20. The quantitative estimate of drug-likeness (QED) is 0.791. The Bertz CT molecular complexity index is 437. The van der Waals surface area contributed by atoms with Gasteiger partial charge in [-0.15, -0.1) is 0 Å². The van der Waals surface area contributed by atoms with Crippen LogP contribution in [0.5, 0.6) is 0 Å². The number of likely N-dealkylation sites (tertiary alicyclic amines) is 1. The Kier molecular flexibility index (Phi) is 6.67. The third kappa shape index (κ3) is 5.13. The van der Waals surface area contributed by atoms with Gasteiger partial charge in [-0.3, -0.25) is 4.90 Å². The first kappa shape index (κ1) is 17.1. The predicted molar refractivity (Wildman–Crippen MR) is 103 cm³/mol. The highest BCUT2D eigenvalue weighted by Gasteiger charge is 2.21. The Balaban J connectivity index is 1.34. The molecule has 0 aliphatic carbocycles. The number of para-hydroxylation sites is 1. The van der Waals surface area contributed by atoms with Crippen molar-refractivity contribution in [2.45, 2.75) is 12.8 Å². The summed E-state index contributed by atoms with van der Waals surface area (Å²) in [6.07, 6.45) is 5.05. The summed E-state index contributed by atoms with van der Waals surface area (Å²) < 4.78 is 0. The van der Waals surface area contributed by atoms with E-state index in [0.29, 0.717) is 0 Å². The fourth-order valence-corrected chi connectivity index (χ4v) is 4.57. The topological polar surface area (TPSA) is 9.72 Å². The zero-order valence-electron chi connectivity index (χ0n) is 14.5. The maximum atomic E-state index is 2.68. The van der Waals surface area contributed by atoms with Crippen LogP contribution in [0.1, 0.15) is 12.8 Å². The Morgan fingerprint density at radius 3 is 2.09 bits per heavy atom. The minimum atomic E-state index is 0.968. The maximum Gasteiger partial charge on any atom is 0.0367 e. The van der Waals surface area contributed by atoms with E-state index in [2.05, 4.69) is 51.3 Å². The van der Waals surface area contributed by atoms with Gasteiger partial charge in [0.25, 0.3) is 0 Å². The van der Waals surface area contributed by atoms with Crippen molar-refractivity contribution in [3.05, 3.63) is 30.3 Å². The molecule has 3 rings (SSSR count). The van der Waals surface area contributed by atoms with E-state index in [0.717, 1.165) is 5.92 Å². The smallest absolute Gasteiger partial charge is 0.0367 e. The minimum Gasteiger partial charge on any atom is -0.369 e. The van der Waals surface area contributed by atoms with Crippen LogP contribution in [-0.4, -0.2) is 74.2 Å². The summed E-state index contributed by atoms with van der Waals surface area (Å²) in [5, 5.41) is 0. The molecule has 4 heteroatoms. The van der Waals surface area contributed by atoms with Crippen molar-refractivity contribution in [1.82, 2.24) is 9.80 Å². The summed E-state index contributed by atoms with van der Waals surface area (Å²) in [5.74, 6) is 2.32. The van der Waals surface area contributed by atoms with Crippen LogP contribution in [-0.2, 0) is 0 Å². The molecule has 2 aliphatic heterocycles. The average Bonchev–Trinajstić information content (AvgIpc) is 2.63. The van der Waals surface area contributed by atoms with Crippen molar-refractivity contribution in [3.63, 3.8) is 0 Å². The third-order valence-corrected chi connectivity index (χ3v) is 6.14. The van der Waals surface area contributed by atoms with Crippen molar-refractivity contribution in [3.8, 4) is 0 Å². The molecule has 2 saturated heterocycles. The van der Waals surface area contributed by atoms with Crippen molar-refractivity contribution in [2.75, 3.05) is 69.3 Å². The number of anilines is 1. The molecule has 2 heterocycles. The van der Waals surface area contributed by atoms with E-state index in [-0.39, 0.29) is 0 Å². The monoisotopic (exact) mass is 333 g/mol. The number of nitrogens with zero attached hydrogens (tertiary/aromatic N) is 3. The van der Waals surface area contributed by atoms with Gasteiger partial charge < -0.3 is 9.80 Å². The Morgan fingerprint density at radius 2 is 1.48 bits per heavy atom. The summed E-state index contributed by atoms with van der Waals surface area (Å²) in [6, 6.07) is 10.8. The molecular weight excluding hydrogens is 302 g/mol. The second-order valence-corrected chi connectivity index (χ2v) is 7.82. The Hall–Kier alpha value is -0.710. The fraction of sp³-hybridized carbons (Fsp3) is 0.684. The summed E-state index contributed by atoms with van der Waals surface area (Å²) in [4.78, 5) is 7.85. The van der Waals surface area contributed by atoms with Gasteiger partial charge in [0, 0.05) is 45.0 Å². The molecule has 2 fully saturated rings. The zero-order valence-corrected chi connectivity index (χ0v) is 15.3. The van der Waals surface area contributed by atoms with Gasteiger partial charge in [-0.1, -0.05) is 18.2 Å². The van der Waals surface area contributed by atoms with Crippen LogP contribution in [0.3, 0.4) is 0 Å². The van der Waals surface area contributed by atoms with E-state index in [4.69, 9.17) is 0 Å². The van der Waals surface area contributed by atoms with Crippen LogP contribution in [0.4, 0.5) is 5.69 Å². The van der Waals surface area contributed by atoms with E-state index in [1.54, 1.807) is 0 Å². The van der Waals surface area contributed by atoms with Crippen molar-refractivity contribution in [1.29, 1.82) is 0 Å². The lowest BCUT2D eigenvalue weighted by molar-refractivity contribution is 0.158. The standard InChI is InChI=1S/C19H31N3S/c1-23-17-18-7-9-20(10-8-18)11-12-21-13-15-22(16-14-21)19-5-3-2-4-6-19/h2-6,18H,7-17H2,1H3. The molecule has 23 heavy (non-hydrogen) atoms. The first-order valence-electron chi connectivity index (χ1n) is 9.09. The van der Waals surface area contributed by atoms with Gasteiger partial charge in [0.1, 0.15) is 0 Å². The van der Waals surface area contributed by atoms with Crippen LogP contribution in [0.15, 0.2) is 30.3 Å². The molecule has 2 aliphatic rings. The number of piperidine rings is 1. The number of piperazine rings is 1. The number of thioether (sulfide) groups is 1. The number of hydrogen-bond donors (Lipinski definition) is 0. The lowest BCUT2D eigenvalue weighted by Crippen LogP contribution is -2.49. The molecule has 0 amide bonds. The van der Waals surface area contributed by atoms with Gasteiger partial charge in [-0.05, 0) is 56.0 Å². The van der Waals surface area contributed by atoms with Crippen LogP contribution in [0.2, 0.25) is 0 Å². The van der Waals surface area contributed by atoms with Gasteiger partial charge in [0.05, 0.1) is 0 Å². The molecule has 0 radical (unpaired) electrons. The molecule has 0 atom stereocenters. The molecule has 1 aromatic rings. The molecule has 3 nitrogen and oxygen atoms in total. The summed E-state index contributed by atoms with van der Waals surface area (Å²) in [7, 11) is 0. The van der Waals surface area contributed by atoms with Crippen molar-refractivity contribution in [2.24, 2.45) is 5.92 Å². The summed E-state index contributed by atoms with van der Waals surface area (Å²) >= 11 is 2.01. The normalized spacial score (nSPS) is 21.7. The van der Waals surface area contributed by atoms with E-state index in [1.165, 1.54) is 76.6 Å². The second kappa shape index (κ2) is 8.95. The molecule has 0 aromatic heterocycles. The molecule has 0 unspecified atom stereocenters. The molecule has 1 aromatic carbocycles.